The lowest BCUT2D eigenvalue weighted by molar-refractivity contribution is 0.171. The second-order valence-electron chi connectivity index (χ2n) is 7.36. The number of piperazine rings is 1. The molecule has 1 N–H and O–H groups in total. The van der Waals surface area contributed by atoms with Gasteiger partial charge in [-0.25, -0.2) is 4.98 Å². The zero-order valence-corrected chi connectivity index (χ0v) is 17.2. The van der Waals surface area contributed by atoms with Gasteiger partial charge in [-0.05, 0) is 31.3 Å². The molecule has 0 aliphatic carbocycles. The molecule has 2 aliphatic rings. The molecular weight excluding hydrogens is 384 g/mol. The summed E-state index contributed by atoms with van der Waals surface area (Å²) in [5.41, 5.74) is 4.35. The maximum absolute atomic E-state index is 5.65. The Morgan fingerprint density at radius 1 is 0.931 bits per heavy atom. The van der Waals surface area contributed by atoms with Crippen molar-refractivity contribution in [2.45, 2.75) is 0 Å². The average molecular weight is 409 g/mol. The third-order valence-corrected chi connectivity index (χ3v) is 6.09. The lowest BCUT2D eigenvalue weighted by Crippen LogP contribution is -2.44. The van der Waals surface area contributed by atoms with Crippen LogP contribution in [0.3, 0.4) is 0 Å². The van der Waals surface area contributed by atoms with Crippen LogP contribution in [0.25, 0.3) is 11.3 Å². The van der Waals surface area contributed by atoms with Crippen LogP contribution in [0.1, 0.15) is 0 Å². The van der Waals surface area contributed by atoms with Crippen molar-refractivity contribution in [3.8, 4) is 22.8 Å². The number of rotatable bonds is 4. The standard InChI is InChI=1S/C22H24N4O2S/c1-25-8-10-26(11-9-25)18-5-2-16(3-6-18)19-15-29-22(24-19)23-17-4-7-20-21(14-17)28-13-12-27-20/h2-7,14-15H,8-13H2,1H3,(H,23,24). The average Bonchev–Trinajstić information content (AvgIpc) is 3.23. The van der Waals surface area contributed by atoms with Gasteiger partial charge in [0.2, 0.25) is 0 Å². The number of aromatic nitrogens is 1. The monoisotopic (exact) mass is 408 g/mol. The first-order valence-corrected chi connectivity index (χ1v) is 10.8. The number of hydrogen-bond donors (Lipinski definition) is 1. The van der Waals surface area contributed by atoms with Crippen molar-refractivity contribution >= 4 is 27.8 Å². The van der Waals surface area contributed by atoms with E-state index in [1.54, 1.807) is 11.3 Å². The Morgan fingerprint density at radius 2 is 1.69 bits per heavy atom. The molecule has 0 radical (unpaired) electrons. The number of ether oxygens (including phenoxy) is 2. The summed E-state index contributed by atoms with van der Waals surface area (Å²) < 4.78 is 11.2. The van der Waals surface area contributed by atoms with Gasteiger partial charge in [-0.3, -0.25) is 0 Å². The highest BCUT2D eigenvalue weighted by Crippen LogP contribution is 2.35. The summed E-state index contributed by atoms with van der Waals surface area (Å²) >= 11 is 1.60. The van der Waals surface area contributed by atoms with Crippen molar-refractivity contribution in [1.82, 2.24) is 9.88 Å². The molecule has 150 valence electrons. The van der Waals surface area contributed by atoms with Crippen LogP contribution in [0.4, 0.5) is 16.5 Å². The lowest BCUT2D eigenvalue weighted by Gasteiger charge is -2.34. The SMILES string of the molecule is CN1CCN(c2ccc(-c3csc(Nc4ccc5c(c4)OCCO5)n3)cc2)CC1. The minimum atomic E-state index is 0.585. The summed E-state index contributed by atoms with van der Waals surface area (Å²) in [6.07, 6.45) is 0. The van der Waals surface area contributed by atoms with Gasteiger partial charge in [-0.1, -0.05) is 12.1 Å². The minimum absolute atomic E-state index is 0.585. The summed E-state index contributed by atoms with van der Waals surface area (Å²) in [6.45, 7) is 5.57. The van der Waals surface area contributed by atoms with Crippen LogP contribution in [0, 0.1) is 0 Å². The number of anilines is 3. The molecule has 6 nitrogen and oxygen atoms in total. The maximum atomic E-state index is 5.65. The molecule has 1 aromatic heterocycles. The van der Waals surface area contributed by atoms with Crippen molar-refractivity contribution in [3.63, 3.8) is 0 Å². The van der Waals surface area contributed by atoms with Crippen molar-refractivity contribution in [3.05, 3.63) is 47.8 Å². The van der Waals surface area contributed by atoms with Gasteiger partial charge in [0.25, 0.3) is 0 Å². The van der Waals surface area contributed by atoms with Gasteiger partial charge in [-0.2, -0.15) is 0 Å². The number of fused-ring (bicyclic) bond motifs is 1. The van der Waals surface area contributed by atoms with E-state index in [9.17, 15) is 0 Å². The Balaban J connectivity index is 1.27. The number of benzene rings is 2. The summed E-state index contributed by atoms with van der Waals surface area (Å²) in [5.74, 6) is 1.57. The molecule has 0 bridgehead atoms. The number of nitrogens with one attached hydrogen (secondary N) is 1. The van der Waals surface area contributed by atoms with Crippen molar-refractivity contribution in [1.29, 1.82) is 0 Å². The van der Waals surface area contributed by atoms with Gasteiger partial charge in [0, 0.05) is 54.6 Å². The van der Waals surface area contributed by atoms with Crippen LogP contribution in [-0.2, 0) is 0 Å². The summed E-state index contributed by atoms with van der Waals surface area (Å²) in [6, 6.07) is 14.6. The van der Waals surface area contributed by atoms with Gasteiger partial charge < -0.3 is 24.6 Å². The van der Waals surface area contributed by atoms with Gasteiger partial charge in [0.1, 0.15) is 13.2 Å². The van der Waals surface area contributed by atoms with Crippen LogP contribution in [-0.4, -0.2) is 56.3 Å². The quantitative estimate of drug-likeness (QED) is 0.702. The first kappa shape index (κ1) is 18.3. The molecule has 1 fully saturated rings. The molecule has 2 aromatic carbocycles. The van der Waals surface area contributed by atoms with E-state index in [1.807, 2.05) is 18.2 Å². The largest absolute Gasteiger partial charge is 0.486 e. The van der Waals surface area contributed by atoms with Crippen molar-refractivity contribution in [2.24, 2.45) is 0 Å². The number of nitrogens with zero attached hydrogens (tertiary/aromatic N) is 3. The predicted octanol–water partition coefficient (Wildman–Crippen LogP) is 4.08. The van der Waals surface area contributed by atoms with E-state index < -0.39 is 0 Å². The molecule has 1 saturated heterocycles. The molecule has 0 unspecified atom stereocenters. The molecule has 0 amide bonds. The molecule has 3 aromatic rings. The molecule has 0 atom stereocenters. The summed E-state index contributed by atoms with van der Waals surface area (Å²) in [4.78, 5) is 9.57. The van der Waals surface area contributed by atoms with E-state index in [-0.39, 0.29) is 0 Å². The molecule has 5 rings (SSSR count). The van der Waals surface area contributed by atoms with Gasteiger partial charge in [-0.15, -0.1) is 11.3 Å². The van der Waals surface area contributed by atoms with E-state index in [0.717, 1.165) is 59.8 Å². The van der Waals surface area contributed by atoms with E-state index in [1.165, 1.54) is 5.69 Å². The summed E-state index contributed by atoms with van der Waals surface area (Å²) in [7, 11) is 2.18. The molecule has 29 heavy (non-hydrogen) atoms. The Morgan fingerprint density at radius 3 is 2.48 bits per heavy atom. The Hall–Kier alpha value is -2.77. The van der Waals surface area contributed by atoms with E-state index in [2.05, 4.69) is 51.8 Å². The van der Waals surface area contributed by atoms with Crippen LogP contribution in [0.2, 0.25) is 0 Å². The fourth-order valence-electron chi connectivity index (χ4n) is 3.62. The smallest absolute Gasteiger partial charge is 0.187 e. The Labute approximate surface area is 174 Å². The van der Waals surface area contributed by atoms with Crippen LogP contribution >= 0.6 is 11.3 Å². The molecule has 7 heteroatoms. The van der Waals surface area contributed by atoms with Crippen LogP contribution < -0.4 is 19.7 Å². The lowest BCUT2D eigenvalue weighted by atomic mass is 10.1. The normalized spacial score (nSPS) is 16.7. The zero-order valence-electron chi connectivity index (χ0n) is 16.4. The zero-order chi connectivity index (χ0) is 19.6. The topological polar surface area (TPSA) is 49.9 Å². The van der Waals surface area contributed by atoms with Gasteiger partial charge >= 0.3 is 0 Å². The molecule has 2 aliphatic heterocycles. The van der Waals surface area contributed by atoms with Crippen molar-refractivity contribution < 1.29 is 9.47 Å². The molecular formula is C22H24N4O2S. The third kappa shape index (κ3) is 4.02. The molecule has 0 spiro atoms. The third-order valence-electron chi connectivity index (χ3n) is 5.33. The Bertz CT molecular complexity index is 981. The van der Waals surface area contributed by atoms with E-state index >= 15 is 0 Å². The van der Waals surface area contributed by atoms with Crippen molar-refractivity contribution in [2.75, 3.05) is 56.7 Å². The number of likely N-dealkylation sites (N-methyl/N-ethyl adjacent to an activating group) is 1. The second-order valence-corrected chi connectivity index (χ2v) is 8.22. The highest BCUT2D eigenvalue weighted by atomic mass is 32.1. The van der Waals surface area contributed by atoms with Crippen LogP contribution in [0.15, 0.2) is 47.8 Å². The van der Waals surface area contributed by atoms with Crippen LogP contribution in [0.5, 0.6) is 11.5 Å². The van der Waals surface area contributed by atoms with Gasteiger partial charge in [0.05, 0.1) is 5.69 Å². The Kier molecular flexibility index (Phi) is 4.99. The second kappa shape index (κ2) is 7.93. The minimum Gasteiger partial charge on any atom is -0.486 e. The predicted molar refractivity (Wildman–Crippen MR) is 118 cm³/mol. The van der Waals surface area contributed by atoms with E-state index in [0.29, 0.717) is 13.2 Å². The first-order valence-electron chi connectivity index (χ1n) is 9.91. The summed E-state index contributed by atoms with van der Waals surface area (Å²) in [5, 5.41) is 6.32. The fraction of sp³-hybridized carbons (Fsp3) is 0.318. The number of thiazole rings is 1. The van der Waals surface area contributed by atoms with Gasteiger partial charge in [0.15, 0.2) is 16.6 Å². The maximum Gasteiger partial charge on any atom is 0.187 e. The highest BCUT2D eigenvalue weighted by molar-refractivity contribution is 7.14. The molecule has 0 saturated carbocycles. The van der Waals surface area contributed by atoms with E-state index in [4.69, 9.17) is 14.5 Å². The first-order chi connectivity index (χ1) is 14.2. The molecule has 3 heterocycles. The fourth-order valence-corrected chi connectivity index (χ4v) is 4.36. The number of hydrogen-bond acceptors (Lipinski definition) is 7. The highest BCUT2D eigenvalue weighted by Gasteiger charge is 2.15.